The van der Waals surface area contributed by atoms with E-state index in [1.54, 1.807) is 0 Å². The van der Waals surface area contributed by atoms with Crippen molar-refractivity contribution in [1.29, 1.82) is 0 Å². The highest BCUT2D eigenvalue weighted by Crippen LogP contribution is 2.30. The summed E-state index contributed by atoms with van der Waals surface area (Å²) in [5.74, 6) is 0.227. The molecule has 1 aliphatic heterocycles. The van der Waals surface area contributed by atoms with Gasteiger partial charge in [-0.05, 0) is 49.7 Å². The number of carbonyl (C=O) groups is 2. The lowest BCUT2D eigenvalue weighted by atomic mass is 9.95. The van der Waals surface area contributed by atoms with Crippen molar-refractivity contribution in [3.8, 4) is 0 Å². The zero-order valence-corrected chi connectivity index (χ0v) is 28.4. The molecule has 3 aromatic rings. The fourth-order valence-corrected chi connectivity index (χ4v) is 6.43. The van der Waals surface area contributed by atoms with Crippen LogP contribution in [0, 0.1) is 0 Å². The van der Waals surface area contributed by atoms with E-state index in [2.05, 4.69) is 39.7 Å². The van der Waals surface area contributed by atoms with Gasteiger partial charge in [0, 0.05) is 49.6 Å². The maximum Gasteiger partial charge on any atom is 0.226 e. The lowest BCUT2D eigenvalue weighted by molar-refractivity contribution is -0.884. The summed E-state index contributed by atoms with van der Waals surface area (Å²) in [6, 6.07) is 28.5. The number of ketones is 1. The molecule has 2 atom stereocenters. The third-order valence-corrected chi connectivity index (χ3v) is 9.10. The van der Waals surface area contributed by atoms with Crippen molar-refractivity contribution in [1.82, 2.24) is 0 Å². The van der Waals surface area contributed by atoms with Gasteiger partial charge in [-0.15, -0.1) is 9.24 Å². The van der Waals surface area contributed by atoms with Gasteiger partial charge in [0.05, 0.1) is 31.8 Å². The van der Waals surface area contributed by atoms with Crippen molar-refractivity contribution in [3.63, 3.8) is 0 Å². The second-order valence-electron chi connectivity index (χ2n) is 11.9. The summed E-state index contributed by atoms with van der Waals surface area (Å²) in [7, 11) is 2.69. The quantitative estimate of drug-likeness (QED) is 0.0424. The van der Waals surface area contributed by atoms with Gasteiger partial charge in [0.25, 0.3) is 0 Å². The number of ether oxygens (including phenoxy) is 2. The summed E-state index contributed by atoms with van der Waals surface area (Å²) >= 11 is 0. The van der Waals surface area contributed by atoms with E-state index in [1.807, 2.05) is 86.3 Å². The molecule has 0 aromatic heterocycles. The van der Waals surface area contributed by atoms with E-state index in [1.165, 1.54) is 5.56 Å². The molecule has 7 heteroatoms. The largest absolute Gasteiger partial charge is 0.353 e. The molecule has 0 aliphatic carbocycles. The molecular weight excluding hydrogens is 579 g/mol. The molecule has 0 saturated carbocycles. The molecule has 45 heavy (non-hydrogen) atoms. The molecule has 1 fully saturated rings. The van der Waals surface area contributed by atoms with E-state index in [0.717, 1.165) is 61.9 Å². The highest BCUT2D eigenvalue weighted by atomic mass is 31.0. The Morgan fingerprint density at radius 3 is 2.20 bits per heavy atom. The molecule has 3 aromatic carbocycles. The Labute approximate surface area is 272 Å². The monoisotopic (exact) mass is 629 g/mol. The molecule has 2 unspecified atom stereocenters. The van der Waals surface area contributed by atoms with Crippen LogP contribution in [0.25, 0.3) is 0 Å². The van der Waals surface area contributed by atoms with Gasteiger partial charge in [0.1, 0.15) is 6.20 Å². The number of carbonyl (C=O) groups excluding carboxylic acids is 2. The first-order valence-electron chi connectivity index (χ1n) is 16.5. The summed E-state index contributed by atoms with van der Waals surface area (Å²) in [5, 5.41) is 1.05. The minimum absolute atomic E-state index is 0.0734. The lowest BCUT2D eigenvalue weighted by Crippen LogP contribution is -2.55. The van der Waals surface area contributed by atoms with Crippen molar-refractivity contribution < 1.29 is 23.5 Å². The standard InChI is InChI=1S/C38H50N2O4P/c1-4-37(41)39(34-16-10-7-11-17-34)35-23-26-40(27-24-35,25-22-31-13-8-6-9-14-31)29-33(15-12-28-44-30(3)43-5-2)38(42)32-18-20-36(45)21-19-32/h6-11,13-14,16-21,29-30,35H,4-5,12,15,22-28,45H2,1-3H3/q+1/b33-29+. The Morgan fingerprint density at radius 1 is 0.933 bits per heavy atom. The van der Waals surface area contributed by atoms with Crippen molar-refractivity contribution in [2.75, 3.05) is 37.7 Å². The van der Waals surface area contributed by atoms with E-state index in [0.29, 0.717) is 36.1 Å². The Bertz CT molecular complexity index is 1370. The van der Waals surface area contributed by atoms with Crippen molar-refractivity contribution in [2.24, 2.45) is 0 Å². The van der Waals surface area contributed by atoms with Gasteiger partial charge in [0.15, 0.2) is 12.1 Å². The van der Waals surface area contributed by atoms with Crippen LogP contribution < -0.4 is 10.2 Å². The van der Waals surface area contributed by atoms with Gasteiger partial charge in [-0.2, -0.15) is 0 Å². The zero-order valence-electron chi connectivity index (χ0n) is 27.2. The third kappa shape index (κ3) is 10.2. The fourth-order valence-electron chi connectivity index (χ4n) is 6.24. The predicted molar refractivity (Wildman–Crippen MR) is 187 cm³/mol. The number of hydrogen-bond acceptors (Lipinski definition) is 4. The van der Waals surface area contributed by atoms with Gasteiger partial charge in [-0.25, -0.2) is 0 Å². The third-order valence-electron chi connectivity index (χ3n) is 8.71. The van der Waals surface area contributed by atoms with Crippen LogP contribution in [0.15, 0.2) is 96.7 Å². The van der Waals surface area contributed by atoms with Gasteiger partial charge in [0.2, 0.25) is 5.91 Å². The van der Waals surface area contributed by atoms with Crippen LogP contribution in [-0.4, -0.2) is 61.4 Å². The SMILES string of the molecule is CCOC(C)OCCC/C(=C\[N+]1(CCc2ccccc2)CCC(N(C(=O)CC)c2ccccc2)CC1)C(=O)c1ccc(P)cc1. The maximum absolute atomic E-state index is 14.1. The summed E-state index contributed by atoms with van der Waals surface area (Å²) in [4.78, 5) is 29.3. The van der Waals surface area contributed by atoms with E-state index in [-0.39, 0.29) is 24.0 Å². The van der Waals surface area contributed by atoms with Gasteiger partial charge >= 0.3 is 0 Å². The highest BCUT2D eigenvalue weighted by molar-refractivity contribution is 7.27. The number of hydrogen-bond donors (Lipinski definition) is 0. The highest BCUT2D eigenvalue weighted by Gasteiger charge is 2.37. The maximum atomic E-state index is 14.1. The second kappa shape index (κ2) is 17.5. The molecular formula is C38H50N2O4P+. The number of piperidine rings is 1. The number of nitrogens with zero attached hydrogens (tertiary/aromatic N) is 2. The number of quaternary nitrogens is 1. The number of amides is 1. The Morgan fingerprint density at radius 2 is 1.58 bits per heavy atom. The van der Waals surface area contributed by atoms with Crippen LogP contribution in [0.1, 0.15) is 68.8 Å². The first-order valence-corrected chi connectivity index (χ1v) is 17.0. The van der Waals surface area contributed by atoms with E-state index >= 15 is 0 Å². The second-order valence-corrected chi connectivity index (χ2v) is 12.6. The number of anilines is 1. The molecule has 0 N–H and O–H groups in total. The number of likely N-dealkylation sites (tertiary alicyclic amines) is 1. The molecule has 240 valence electrons. The summed E-state index contributed by atoms with van der Waals surface area (Å²) in [5.41, 5.74) is 3.79. The summed E-state index contributed by atoms with van der Waals surface area (Å²) < 4.78 is 12.1. The average molecular weight is 630 g/mol. The van der Waals surface area contributed by atoms with E-state index in [4.69, 9.17) is 9.47 Å². The smallest absolute Gasteiger partial charge is 0.226 e. The molecule has 0 bridgehead atoms. The van der Waals surface area contributed by atoms with Crippen LogP contribution in [0.5, 0.6) is 0 Å². The van der Waals surface area contributed by atoms with Crippen molar-refractivity contribution in [2.45, 2.75) is 71.6 Å². The van der Waals surface area contributed by atoms with Crippen LogP contribution in [0.3, 0.4) is 0 Å². The molecule has 4 rings (SSSR count). The Balaban J connectivity index is 1.63. The zero-order chi connectivity index (χ0) is 32.1. The number of rotatable bonds is 16. The first-order chi connectivity index (χ1) is 21.8. The molecule has 1 amide bonds. The van der Waals surface area contributed by atoms with Crippen molar-refractivity contribution in [3.05, 3.63) is 108 Å². The first kappa shape index (κ1) is 34.7. The van der Waals surface area contributed by atoms with Gasteiger partial charge in [-0.3, -0.25) is 14.1 Å². The molecule has 1 saturated heterocycles. The van der Waals surface area contributed by atoms with Gasteiger partial charge < -0.3 is 14.4 Å². The Kier molecular flexibility index (Phi) is 13.5. The summed E-state index contributed by atoms with van der Waals surface area (Å²) in [6.45, 7) is 9.53. The minimum atomic E-state index is -0.269. The molecule has 1 heterocycles. The summed E-state index contributed by atoms with van der Waals surface area (Å²) in [6.07, 6.45) is 6.46. The molecule has 1 aliphatic rings. The number of allylic oxidation sites excluding steroid dienone is 1. The molecule has 0 radical (unpaired) electrons. The van der Waals surface area contributed by atoms with Crippen LogP contribution in [0.2, 0.25) is 0 Å². The number of para-hydroxylation sites is 1. The normalized spacial score (nSPS) is 19.2. The fraction of sp³-hybridized carbons (Fsp3) is 0.421. The van der Waals surface area contributed by atoms with E-state index < -0.39 is 0 Å². The van der Waals surface area contributed by atoms with Crippen LogP contribution >= 0.6 is 9.24 Å². The van der Waals surface area contributed by atoms with Gasteiger partial charge in [-0.1, -0.05) is 79.7 Å². The van der Waals surface area contributed by atoms with Crippen LogP contribution in [-0.2, 0) is 20.7 Å². The molecule has 6 nitrogen and oxygen atoms in total. The average Bonchev–Trinajstić information content (AvgIpc) is 3.07. The predicted octanol–water partition coefficient (Wildman–Crippen LogP) is 7.10. The topological polar surface area (TPSA) is 55.8 Å². The lowest BCUT2D eigenvalue weighted by Gasteiger charge is -2.44. The van der Waals surface area contributed by atoms with Crippen LogP contribution in [0.4, 0.5) is 5.69 Å². The Hall–Kier alpha value is -3.15. The number of Topliss-reactive ketones (excluding diaryl/α,β-unsaturated/α-hetero) is 1. The van der Waals surface area contributed by atoms with E-state index in [9.17, 15) is 9.59 Å². The minimum Gasteiger partial charge on any atom is -0.353 e. The molecule has 0 spiro atoms. The number of benzene rings is 3. The van der Waals surface area contributed by atoms with Crippen molar-refractivity contribution >= 4 is 31.9 Å².